The number of benzene rings is 3. The highest BCUT2D eigenvalue weighted by molar-refractivity contribution is 7.92. The average Bonchev–Trinajstić information content (AvgIpc) is 3.22. The van der Waals surface area contributed by atoms with Crippen LogP contribution in [-0.2, 0) is 21.4 Å². The molecule has 1 N–H and O–H groups in total. The van der Waals surface area contributed by atoms with Gasteiger partial charge in [0.15, 0.2) is 11.5 Å². The molecule has 162 valence electrons. The Morgan fingerprint density at radius 2 is 1.81 bits per heavy atom. The highest BCUT2D eigenvalue weighted by Gasteiger charge is 2.21. The molecule has 1 heterocycles. The number of rotatable bonds is 8. The van der Waals surface area contributed by atoms with E-state index in [0.717, 1.165) is 22.6 Å². The molecule has 0 radical (unpaired) electrons. The molecule has 0 fully saturated rings. The monoisotopic (exact) mass is 440 g/mol. The number of fused-ring (bicyclic) bond motifs is 2. The molecule has 0 aliphatic carbocycles. The summed E-state index contributed by atoms with van der Waals surface area (Å²) in [5, 5.41) is 5.17. The van der Waals surface area contributed by atoms with Gasteiger partial charge in [0.2, 0.25) is 22.7 Å². The van der Waals surface area contributed by atoms with Crippen LogP contribution < -0.4 is 19.1 Å². The zero-order valence-corrected chi connectivity index (χ0v) is 18.0. The van der Waals surface area contributed by atoms with Crippen LogP contribution in [0.2, 0.25) is 0 Å². The first kappa shape index (κ1) is 21.0. The fourth-order valence-electron chi connectivity index (χ4n) is 3.64. The van der Waals surface area contributed by atoms with Crippen LogP contribution in [0.25, 0.3) is 10.8 Å². The predicted molar refractivity (Wildman–Crippen MR) is 120 cm³/mol. The highest BCUT2D eigenvalue weighted by Crippen LogP contribution is 2.36. The van der Waals surface area contributed by atoms with Crippen molar-refractivity contribution in [2.75, 3.05) is 23.9 Å². The fourth-order valence-corrected chi connectivity index (χ4v) is 4.60. The van der Waals surface area contributed by atoms with Crippen molar-refractivity contribution in [1.29, 1.82) is 0 Å². The van der Waals surface area contributed by atoms with E-state index in [1.54, 1.807) is 18.2 Å². The Kier molecular flexibility index (Phi) is 5.99. The largest absolute Gasteiger partial charge is 0.454 e. The number of carbonyl (C=O) groups is 1. The number of anilines is 1. The van der Waals surface area contributed by atoms with E-state index in [0.29, 0.717) is 30.2 Å². The van der Waals surface area contributed by atoms with Crippen LogP contribution in [0, 0.1) is 0 Å². The maximum absolute atomic E-state index is 12.4. The third-order valence-electron chi connectivity index (χ3n) is 5.17. The molecule has 0 saturated carbocycles. The molecule has 0 saturated heterocycles. The second-order valence-corrected chi connectivity index (χ2v) is 9.30. The minimum Gasteiger partial charge on any atom is -0.454 e. The van der Waals surface area contributed by atoms with Crippen molar-refractivity contribution in [2.24, 2.45) is 0 Å². The molecule has 3 aromatic rings. The predicted octanol–water partition coefficient (Wildman–Crippen LogP) is 3.43. The summed E-state index contributed by atoms with van der Waals surface area (Å²) in [6.45, 7) is 0.743. The van der Waals surface area contributed by atoms with Gasteiger partial charge in [0.05, 0.1) is 11.9 Å². The summed E-state index contributed by atoms with van der Waals surface area (Å²) in [5.41, 5.74) is 1.53. The van der Waals surface area contributed by atoms with Gasteiger partial charge in [0.25, 0.3) is 0 Å². The molecule has 0 bridgehead atoms. The molecule has 3 aromatic carbocycles. The van der Waals surface area contributed by atoms with Crippen LogP contribution >= 0.6 is 0 Å². The first-order valence-electron chi connectivity index (χ1n) is 10.0. The molecule has 0 aromatic heterocycles. The standard InChI is InChI=1S/C23H24N2O5S/c1-31(27,28)25(19-11-12-21-22(14-19)30-16-29-21)13-5-10-23(26)24-15-18-8-4-7-17-6-2-3-9-20(17)18/h2-4,6-9,11-12,14H,5,10,13,15-16H2,1H3,(H,24,26). The van der Waals surface area contributed by atoms with Crippen LogP contribution in [0.4, 0.5) is 5.69 Å². The molecular formula is C23H24N2O5S. The van der Waals surface area contributed by atoms with Gasteiger partial charge < -0.3 is 14.8 Å². The Labute approximate surface area is 181 Å². The van der Waals surface area contributed by atoms with Gasteiger partial charge in [-0.05, 0) is 34.9 Å². The maximum Gasteiger partial charge on any atom is 0.232 e. The quantitative estimate of drug-likeness (QED) is 0.580. The van der Waals surface area contributed by atoms with Crippen molar-refractivity contribution in [3.63, 3.8) is 0 Å². The van der Waals surface area contributed by atoms with Crippen molar-refractivity contribution >= 4 is 32.4 Å². The summed E-state index contributed by atoms with van der Waals surface area (Å²) in [7, 11) is -3.51. The average molecular weight is 441 g/mol. The Morgan fingerprint density at radius 3 is 2.65 bits per heavy atom. The topological polar surface area (TPSA) is 84.9 Å². The summed E-state index contributed by atoms with van der Waals surface area (Å²) >= 11 is 0. The summed E-state index contributed by atoms with van der Waals surface area (Å²) in [5.74, 6) is 0.982. The van der Waals surface area contributed by atoms with Crippen molar-refractivity contribution < 1.29 is 22.7 Å². The Morgan fingerprint density at radius 1 is 1.03 bits per heavy atom. The van der Waals surface area contributed by atoms with Crippen molar-refractivity contribution in [3.8, 4) is 11.5 Å². The zero-order chi connectivity index (χ0) is 21.8. The molecule has 1 aliphatic rings. The number of carbonyl (C=O) groups excluding carboxylic acids is 1. The second-order valence-electron chi connectivity index (χ2n) is 7.39. The van der Waals surface area contributed by atoms with Gasteiger partial charge in [-0.3, -0.25) is 9.10 Å². The number of nitrogens with one attached hydrogen (secondary N) is 1. The molecular weight excluding hydrogens is 416 g/mol. The van der Waals surface area contributed by atoms with Gasteiger partial charge in [-0.15, -0.1) is 0 Å². The van der Waals surface area contributed by atoms with E-state index in [2.05, 4.69) is 5.32 Å². The molecule has 1 amide bonds. The van der Waals surface area contributed by atoms with E-state index in [1.165, 1.54) is 4.31 Å². The van der Waals surface area contributed by atoms with Crippen LogP contribution in [-0.4, -0.2) is 33.9 Å². The first-order valence-corrected chi connectivity index (χ1v) is 11.9. The molecule has 4 rings (SSSR count). The van der Waals surface area contributed by atoms with E-state index in [9.17, 15) is 13.2 Å². The highest BCUT2D eigenvalue weighted by atomic mass is 32.2. The van der Waals surface area contributed by atoms with E-state index in [-0.39, 0.29) is 25.7 Å². The molecule has 0 unspecified atom stereocenters. The summed E-state index contributed by atoms with van der Waals surface area (Å²) in [6, 6.07) is 19.0. The second kappa shape index (κ2) is 8.85. The van der Waals surface area contributed by atoms with E-state index in [1.807, 2.05) is 42.5 Å². The van der Waals surface area contributed by atoms with Crippen molar-refractivity contribution in [1.82, 2.24) is 5.32 Å². The third-order valence-corrected chi connectivity index (χ3v) is 6.36. The van der Waals surface area contributed by atoms with Gasteiger partial charge in [0, 0.05) is 25.6 Å². The minimum atomic E-state index is -3.51. The van der Waals surface area contributed by atoms with Crippen LogP contribution in [0.15, 0.2) is 60.7 Å². The van der Waals surface area contributed by atoms with Gasteiger partial charge >= 0.3 is 0 Å². The van der Waals surface area contributed by atoms with E-state index >= 15 is 0 Å². The smallest absolute Gasteiger partial charge is 0.232 e. The van der Waals surface area contributed by atoms with Gasteiger partial charge in [-0.1, -0.05) is 42.5 Å². The molecule has 7 nitrogen and oxygen atoms in total. The Hall–Kier alpha value is -3.26. The number of sulfonamides is 1. The number of hydrogen-bond donors (Lipinski definition) is 1. The van der Waals surface area contributed by atoms with Gasteiger partial charge in [-0.25, -0.2) is 8.42 Å². The summed E-state index contributed by atoms with van der Waals surface area (Å²) in [6.07, 6.45) is 1.77. The Balaban J connectivity index is 1.35. The zero-order valence-electron chi connectivity index (χ0n) is 17.2. The molecule has 8 heteroatoms. The molecule has 1 aliphatic heterocycles. The number of hydrogen-bond acceptors (Lipinski definition) is 5. The van der Waals surface area contributed by atoms with Crippen LogP contribution in [0.5, 0.6) is 11.5 Å². The normalized spacial score (nSPS) is 12.7. The van der Waals surface area contributed by atoms with Gasteiger partial charge in [0.1, 0.15) is 0 Å². The number of ether oxygens (including phenoxy) is 2. The van der Waals surface area contributed by atoms with Crippen molar-refractivity contribution in [3.05, 3.63) is 66.2 Å². The molecule has 31 heavy (non-hydrogen) atoms. The fraction of sp³-hybridized carbons (Fsp3) is 0.261. The SMILES string of the molecule is CS(=O)(=O)N(CCCC(=O)NCc1cccc2ccccc12)c1ccc2c(c1)OCO2. The first-order chi connectivity index (χ1) is 14.9. The Bertz CT molecular complexity index is 1200. The molecule has 0 atom stereocenters. The van der Waals surface area contributed by atoms with Gasteiger partial charge in [-0.2, -0.15) is 0 Å². The lowest BCUT2D eigenvalue weighted by atomic mass is 10.0. The lowest BCUT2D eigenvalue weighted by molar-refractivity contribution is -0.121. The summed E-state index contributed by atoms with van der Waals surface area (Å²) < 4.78 is 36.5. The van der Waals surface area contributed by atoms with Crippen LogP contribution in [0.1, 0.15) is 18.4 Å². The third kappa shape index (κ3) is 4.91. The van der Waals surface area contributed by atoms with E-state index in [4.69, 9.17) is 9.47 Å². The lowest BCUT2D eigenvalue weighted by Gasteiger charge is -2.22. The number of nitrogens with zero attached hydrogens (tertiary/aromatic N) is 1. The minimum absolute atomic E-state index is 0.118. The number of amides is 1. The van der Waals surface area contributed by atoms with Crippen LogP contribution in [0.3, 0.4) is 0 Å². The summed E-state index contributed by atoms with van der Waals surface area (Å²) in [4.78, 5) is 12.4. The van der Waals surface area contributed by atoms with E-state index < -0.39 is 10.0 Å². The van der Waals surface area contributed by atoms with Crippen molar-refractivity contribution in [2.45, 2.75) is 19.4 Å². The maximum atomic E-state index is 12.4. The molecule has 0 spiro atoms. The lowest BCUT2D eigenvalue weighted by Crippen LogP contribution is -2.32.